The van der Waals surface area contributed by atoms with Crippen LogP contribution in [0.3, 0.4) is 0 Å². The van der Waals surface area contributed by atoms with Gasteiger partial charge >= 0.3 is 0 Å². The molecule has 2 heterocycles. The molecule has 0 spiro atoms. The van der Waals surface area contributed by atoms with Gasteiger partial charge in [0.15, 0.2) is 0 Å². The lowest BCUT2D eigenvalue weighted by atomic mass is 9.49. The largest absolute Gasteiger partial charge is 0.468 e. The van der Waals surface area contributed by atoms with E-state index in [0.717, 1.165) is 55.9 Å². The van der Waals surface area contributed by atoms with Gasteiger partial charge in [0.05, 0.1) is 12.3 Å². The molecule has 1 N–H and O–H groups in total. The molecule has 0 unspecified atom stereocenters. The number of hydrogen-bond acceptors (Lipinski definition) is 3. The lowest BCUT2D eigenvalue weighted by Crippen LogP contribution is -2.54. The Balaban J connectivity index is 1.28. The van der Waals surface area contributed by atoms with Gasteiger partial charge in [-0.25, -0.2) is 0 Å². The van der Waals surface area contributed by atoms with Gasteiger partial charge in [-0.2, -0.15) is 0 Å². The average Bonchev–Trinajstić information content (AvgIpc) is 3.16. The van der Waals surface area contributed by atoms with Gasteiger partial charge in [-0.15, -0.1) is 0 Å². The van der Waals surface area contributed by atoms with E-state index < -0.39 is 0 Å². The molecule has 4 nitrogen and oxygen atoms in total. The van der Waals surface area contributed by atoms with E-state index in [2.05, 4.69) is 16.3 Å². The molecule has 5 aliphatic rings. The Bertz CT molecular complexity index is 597. The van der Waals surface area contributed by atoms with Crippen LogP contribution >= 0.6 is 0 Å². The smallest absolute Gasteiger partial charge is 0.226 e. The first-order valence-corrected chi connectivity index (χ1v) is 10.8. The molecule has 26 heavy (non-hydrogen) atoms. The van der Waals surface area contributed by atoms with Crippen molar-refractivity contribution in [2.75, 3.05) is 19.6 Å². The Morgan fingerprint density at radius 1 is 1.12 bits per heavy atom. The first-order chi connectivity index (χ1) is 12.7. The molecule has 1 atom stereocenters. The molecule has 142 valence electrons. The molecule has 4 heteroatoms. The Morgan fingerprint density at radius 3 is 2.35 bits per heavy atom. The number of likely N-dealkylation sites (tertiary alicyclic amines) is 1. The third-order valence-electron chi connectivity index (χ3n) is 7.68. The van der Waals surface area contributed by atoms with Crippen LogP contribution in [0.25, 0.3) is 0 Å². The van der Waals surface area contributed by atoms with Crippen molar-refractivity contribution in [3.05, 3.63) is 24.2 Å². The summed E-state index contributed by atoms with van der Waals surface area (Å²) in [5.74, 6) is 3.78. The van der Waals surface area contributed by atoms with Gasteiger partial charge in [0.2, 0.25) is 5.91 Å². The number of amides is 1. The van der Waals surface area contributed by atoms with Crippen LogP contribution in [0.5, 0.6) is 0 Å². The molecular weight excluding hydrogens is 324 g/mol. The van der Waals surface area contributed by atoms with Crippen molar-refractivity contribution in [3.8, 4) is 0 Å². The average molecular weight is 357 g/mol. The SMILES string of the molecule is O=C(NC[C@H](c1ccco1)N1CCCCC1)C12CC3CC(CC(C3)C1)C2. The van der Waals surface area contributed by atoms with E-state index in [4.69, 9.17) is 4.42 Å². The molecule has 5 fully saturated rings. The van der Waals surface area contributed by atoms with Crippen molar-refractivity contribution in [1.29, 1.82) is 0 Å². The van der Waals surface area contributed by atoms with Crippen molar-refractivity contribution >= 4 is 5.91 Å². The molecule has 1 saturated heterocycles. The molecule has 1 aromatic heterocycles. The van der Waals surface area contributed by atoms with Crippen molar-refractivity contribution < 1.29 is 9.21 Å². The maximum Gasteiger partial charge on any atom is 0.226 e. The zero-order valence-electron chi connectivity index (χ0n) is 15.8. The van der Waals surface area contributed by atoms with E-state index in [9.17, 15) is 4.79 Å². The second-order valence-electron chi connectivity index (χ2n) is 9.54. The molecular formula is C22H32N2O2. The summed E-state index contributed by atoms with van der Waals surface area (Å²) in [7, 11) is 0. The Kier molecular flexibility index (Phi) is 4.35. The van der Waals surface area contributed by atoms with E-state index in [0.29, 0.717) is 12.5 Å². The minimum atomic E-state index is -0.0512. The van der Waals surface area contributed by atoms with Gasteiger partial charge < -0.3 is 9.73 Å². The van der Waals surface area contributed by atoms with Crippen molar-refractivity contribution in [2.45, 2.75) is 63.8 Å². The number of carbonyl (C=O) groups is 1. The van der Waals surface area contributed by atoms with Crippen LogP contribution < -0.4 is 5.32 Å². The molecule has 1 aromatic rings. The summed E-state index contributed by atoms with van der Waals surface area (Å²) in [6, 6.07) is 4.21. The zero-order chi connectivity index (χ0) is 17.6. The van der Waals surface area contributed by atoms with Crippen molar-refractivity contribution in [2.24, 2.45) is 23.2 Å². The van der Waals surface area contributed by atoms with Crippen molar-refractivity contribution in [3.63, 3.8) is 0 Å². The second kappa shape index (κ2) is 6.70. The summed E-state index contributed by atoms with van der Waals surface area (Å²) in [6.07, 6.45) is 13.1. The molecule has 4 aliphatic carbocycles. The molecule has 1 aliphatic heterocycles. The highest BCUT2D eigenvalue weighted by atomic mass is 16.3. The van der Waals surface area contributed by atoms with E-state index in [1.807, 2.05) is 6.07 Å². The number of carbonyl (C=O) groups excluding carboxylic acids is 1. The van der Waals surface area contributed by atoms with Gasteiger partial charge in [-0.05, 0) is 94.3 Å². The summed E-state index contributed by atoms with van der Waals surface area (Å²) >= 11 is 0. The number of nitrogens with zero attached hydrogens (tertiary/aromatic N) is 1. The number of rotatable bonds is 5. The summed E-state index contributed by atoms with van der Waals surface area (Å²) < 4.78 is 5.74. The fraction of sp³-hybridized carbons (Fsp3) is 0.773. The summed E-state index contributed by atoms with van der Waals surface area (Å²) in [4.78, 5) is 15.8. The van der Waals surface area contributed by atoms with Crippen LogP contribution in [0.15, 0.2) is 22.8 Å². The number of piperidine rings is 1. The predicted octanol–water partition coefficient (Wildman–Crippen LogP) is 4.14. The minimum Gasteiger partial charge on any atom is -0.468 e. The molecule has 4 saturated carbocycles. The summed E-state index contributed by atoms with van der Waals surface area (Å²) in [5, 5.41) is 3.38. The van der Waals surface area contributed by atoms with Crippen LogP contribution in [0, 0.1) is 23.2 Å². The molecule has 0 aromatic carbocycles. The van der Waals surface area contributed by atoms with Gasteiger partial charge in [0.1, 0.15) is 5.76 Å². The normalized spacial score (nSPS) is 37.6. The van der Waals surface area contributed by atoms with Gasteiger partial charge in [0, 0.05) is 12.0 Å². The predicted molar refractivity (Wildman–Crippen MR) is 100 cm³/mol. The standard InChI is InChI=1S/C22H32N2O2/c25-21(22-12-16-9-17(13-22)11-18(10-16)14-22)23-15-19(20-5-4-8-26-20)24-6-2-1-3-7-24/h4-5,8,16-19H,1-3,6-7,9-15H2,(H,23,25)/t16?,17?,18?,19-,22?/m1/s1. The maximum absolute atomic E-state index is 13.3. The van der Waals surface area contributed by atoms with Gasteiger partial charge in [-0.1, -0.05) is 6.42 Å². The highest BCUT2D eigenvalue weighted by Gasteiger charge is 2.54. The minimum absolute atomic E-state index is 0.0512. The number of hydrogen-bond donors (Lipinski definition) is 1. The maximum atomic E-state index is 13.3. The van der Waals surface area contributed by atoms with Crippen LogP contribution in [0.1, 0.15) is 69.6 Å². The highest BCUT2D eigenvalue weighted by molar-refractivity contribution is 5.83. The van der Waals surface area contributed by atoms with Crippen LogP contribution in [0.2, 0.25) is 0 Å². The highest BCUT2D eigenvalue weighted by Crippen LogP contribution is 2.60. The Hall–Kier alpha value is -1.29. The zero-order valence-corrected chi connectivity index (χ0v) is 15.8. The van der Waals surface area contributed by atoms with E-state index >= 15 is 0 Å². The van der Waals surface area contributed by atoms with Gasteiger partial charge in [-0.3, -0.25) is 9.69 Å². The number of furan rings is 1. The van der Waals surface area contributed by atoms with Crippen LogP contribution in [-0.4, -0.2) is 30.4 Å². The van der Waals surface area contributed by atoms with Crippen molar-refractivity contribution in [1.82, 2.24) is 10.2 Å². The molecule has 1 amide bonds. The third-order valence-corrected chi connectivity index (χ3v) is 7.68. The lowest BCUT2D eigenvalue weighted by molar-refractivity contribution is -0.146. The summed E-state index contributed by atoms with van der Waals surface area (Å²) in [5.41, 5.74) is -0.0512. The van der Waals surface area contributed by atoms with Gasteiger partial charge in [0.25, 0.3) is 0 Å². The number of nitrogens with one attached hydrogen (secondary N) is 1. The fourth-order valence-corrected chi connectivity index (χ4v) is 6.89. The third kappa shape index (κ3) is 3.00. The van der Waals surface area contributed by atoms with E-state index in [-0.39, 0.29) is 11.5 Å². The van der Waals surface area contributed by atoms with E-state index in [1.165, 1.54) is 38.5 Å². The fourth-order valence-electron chi connectivity index (χ4n) is 6.89. The molecule has 6 rings (SSSR count). The quantitative estimate of drug-likeness (QED) is 0.862. The second-order valence-corrected chi connectivity index (χ2v) is 9.54. The lowest BCUT2D eigenvalue weighted by Gasteiger charge is -2.55. The monoisotopic (exact) mass is 356 g/mol. The van der Waals surface area contributed by atoms with Crippen LogP contribution in [0.4, 0.5) is 0 Å². The first kappa shape index (κ1) is 16.9. The van der Waals surface area contributed by atoms with E-state index in [1.54, 1.807) is 6.26 Å². The topological polar surface area (TPSA) is 45.5 Å². The Morgan fingerprint density at radius 2 is 1.77 bits per heavy atom. The molecule has 4 bridgehead atoms. The molecule has 0 radical (unpaired) electrons. The summed E-state index contributed by atoms with van der Waals surface area (Å²) in [6.45, 7) is 2.91. The van der Waals surface area contributed by atoms with Crippen LogP contribution in [-0.2, 0) is 4.79 Å². The Labute approximate surface area is 156 Å². The first-order valence-electron chi connectivity index (χ1n) is 10.8.